The summed E-state index contributed by atoms with van der Waals surface area (Å²) in [6, 6.07) is 16.7. The minimum atomic E-state index is -1.27. The van der Waals surface area contributed by atoms with Gasteiger partial charge in [-0.05, 0) is 90.7 Å². The van der Waals surface area contributed by atoms with Crippen LogP contribution in [0.15, 0.2) is 60.7 Å². The molecule has 0 aliphatic rings. The number of primary amides is 1. The van der Waals surface area contributed by atoms with Gasteiger partial charge in [-0.2, -0.15) is 0 Å². The van der Waals surface area contributed by atoms with Gasteiger partial charge in [-0.15, -0.1) is 0 Å². The molecule has 8 nitrogen and oxygen atoms in total. The topological polar surface area (TPSA) is 155 Å². The molecule has 0 aromatic heterocycles. The largest absolute Gasteiger partial charge is 0.478 e. The molecule has 0 saturated carbocycles. The van der Waals surface area contributed by atoms with Crippen molar-refractivity contribution in [2.24, 2.45) is 5.73 Å². The van der Waals surface area contributed by atoms with Crippen molar-refractivity contribution >= 4 is 66.9 Å². The summed E-state index contributed by atoms with van der Waals surface area (Å²) in [6.07, 6.45) is 0. The molecule has 6 rings (SSSR count). The van der Waals surface area contributed by atoms with E-state index in [1.807, 2.05) is 18.2 Å². The number of carbonyl (C=O) groups is 4. The van der Waals surface area contributed by atoms with Crippen molar-refractivity contribution < 1.29 is 34.5 Å². The standard InChI is InChI=1S/C36H29NO7/c1-15(2)17-6-5-7-18(16(3)4)27(17)25-14-26(33(37)38)31-24(36(43)44)12-9-20-19-8-11-22(34(39)40)30-23(35(41)42)13-10-21(28(19)30)29(25)32(20)31/h5-16H,1-4H3,(H2,37,38)(H,39,40)(H,41,42)(H,43,44). The molecule has 0 aliphatic carbocycles. The highest BCUT2D eigenvalue weighted by atomic mass is 16.4. The van der Waals surface area contributed by atoms with Crippen molar-refractivity contribution in [1.82, 2.24) is 0 Å². The Morgan fingerprint density at radius 3 is 1.41 bits per heavy atom. The van der Waals surface area contributed by atoms with Crippen LogP contribution in [0.2, 0.25) is 0 Å². The van der Waals surface area contributed by atoms with Crippen LogP contribution in [-0.2, 0) is 0 Å². The van der Waals surface area contributed by atoms with Gasteiger partial charge in [0.25, 0.3) is 0 Å². The van der Waals surface area contributed by atoms with E-state index in [-0.39, 0.29) is 44.9 Å². The van der Waals surface area contributed by atoms with Gasteiger partial charge >= 0.3 is 17.9 Å². The summed E-state index contributed by atoms with van der Waals surface area (Å²) in [5.74, 6) is -4.44. The Morgan fingerprint density at radius 1 is 0.545 bits per heavy atom. The van der Waals surface area contributed by atoms with Crippen LogP contribution in [0.25, 0.3) is 54.2 Å². The summed E-state index contributed by atoms with van der Waals surface area (Å²) in [7, 11) is 0. The number of nitrogens with two attached hydrogens (primary N) is 1. The van der Waals surface area contributed by atoms with Crippen molar-refractivity contribution in [1.29, 1.82) is 0 Å². The lowest BCUT2D eigenvalue weighted by atomic mass is 9.78. The van der Waals surface area contributed by atoms with Gasteiger partial charge in [0, 0.05) is 16.3 Å². The van der Waals surface area contributed by atoms with E-state index >= 15 is 0 Å². The lowest BCUT2D eigenvalue weighted by Gasteiger charge is -2.25. The molecule has 0 bridgehead atoms. The van der Waals surface area contributed by atoms with E-state index in [1.54, 1.807) is 24.3 Å². The maximum Gasteiger partial charge on any atom is 0.336 e. The van der Waals surface area contributed by atoms with Crippen LogP contribution in [0.5, 0.6) is 0 Å². The fourth-order valence-corrected chi connectivity index (χ4v) is 6.79. The molecular formula is C36H29NO7. The summed E-state index contributed by atoms with van der Waals surface area (Å²) in [5.41, 5.74) is 9.11. The van der Waals surface area contributed by atoms with Gasteiger partial charge in [-0.3, -0.25) is 4.79 Å². The van der Waals surface area contributed by atoms with Crippen LogP contribution >= 0.6 is 0 Å². The zero-order valence-electron chi connectivity index (χ0n) is 24.5. The molecule has 1 amide bonds. The fraction of sp³-hybridized carbons (Fsp3) is 0.167. The summed E-state index contributed by atoms with van der Waals surface area (Å²) < 4.78 is 0. The molecule has 5 N–H and O–H groups in total. The molecule has 0 spiro atoms. The monoisotopic (exact) mass is 587 g/mol. The van der Waals surface area contributed by atoms with Gasteiger partial charge in [0.1, 0.15) is 0 Å². The molecule has 6 aromatic carbocycles. The number of carboxylic acid groups (broad SMARTS) is 3. The quantitative estimate of drug-likeness (QED) is 0.109. The van der Waals surface area contributed by atoms with Gasteiger partial charge < -0.3 is 21.1 Å². The van der Waals surface area contributed by atoms with Crippen LogP contribution in [0.4, 0.5) is 0 Å². The summed E-state index contributed by atoms with van der Waals surface area (Å²) in [4.78, 5) is 50.5. The van der Waals surface area contributed by atoms with Crippen molar-refractivity contribution in [3.05, 3.63) is 94.0 Å². The van der Waals surface area contributed by atoms with E-state index in [9.17, 15) is 34.5 Å². The van der Waals surface area contributed by atoms with Crippen LogP contribution in [0.3, 0.4) is 0 Å². The molecule has 0 heterocycles. The molecule has 0 saturated heterocycles. The number of rotatable bonds is 7. The van der Waals surface area contributed by atoms with Crippen LogP contribution in [0.1, 0.15) is 92.1 Å². The molecule has 8 heteroatoms. The Balaban J connectivity index is 2.05. The van der Waals surface area contributed by atoms with Crippen molar-refractivity contribution in [3.63, 3.8) is 0 Å². The minimum Gasteiger partial charge on any atom is -0.478 e. The zero-order chi connectivity index (χ0) is 31.8. The Labute approximate surface area is 251 Å². The second kappa shape index (κ2) is 10.1. The zero-order valence-corrected chi connectivity index (χ0v) is 24.5. The SMILES string of the molecule is CC(C)c1cccc(C(C)C)c1-c1cc(C(N)=O)c2c(C(=O)O)ccc3c4ccc(C(=O)O)c5c(C(=O)O)ccc(c1c23)c54. The first-order valence-corrected chi connectivity index (χ1v) is 14.2. The van der Waals surface area contributed by atoms with Crippen LogP contribution in [-0.4, -0.2) is 39.1 Å². The van der Waals surface area contributed by atoms with Gasteiger partial charge in [0.15, 0.2) is 0 Å². The third kappa shape index (κ3) is 3.98. The highest BCUT2D eigenvalue weighted by Gasteiger charge is 2.29. The second-order valence-electron chi connectivity index (χ2n) is 11.7. The normalized spacial score (nSPS) is 11.9. The molecule has 0 fully saturated rings. The van der Waals surface area contributed by atoms with E-state index in [0.717, 1.165) is 16.7 Å². The number of amides is 1. The van der Waals surface area contributed by atoms with Gasteiger partial charge in [0.05, 0.1) is 16.7 Å². The number of aromatic carboxylic acids is 3. The van der Waals surface area contributed by atoms with Crippen molar-refractivity contribution in [2.45, 2.75) is 39.5 Å². The molecule has 0 radical (unpaired) electrons. The molecule has 0 atom stereocenters. The maximum absolute atomic E-state index is 13.1. The first-order chi connectivity index (χ1) is 20.8. The Hall–Kier alpha value is -5.50. The molecular weight excluding hydrogens is 558 g/mol. The number of carboxylic acids is 3. The highest BCUT2D eigenvalue weighted by Crippen LogP contribution is 2.49. The lowest BCUT2D eigenvalue weighted by Crippen LogP contribution is -2.14. The first-order valence-electron chi connectivity index (χ1n) is 14.2. The van der Waals surface area contributed by atoms with Crippen LogP contribution in [0, 0.1) is 0 Å². The number of hydrogen-bond donors (Lipinski definition) is 4. The Bertz CT molecular complexity index is 2200. The van der Waals surface area contributed by atoms with E-state index in [4.69, 9.17) is 5.73 Å². The number of fused-ring (bicyclic) bond motifs is 2. The first kappa shape index (κ1) is 28.6. The van der Waals surface area contributed by atoms with E-state index in [0.29, 0.717) is 37.9 Å². The van der Waals surface area contributed by atoms with E-state index in [2.05, 4.69) is 27.7 Å². The lowest BCUT2D eigenvalue weighted by molar-refractivity contribution is 0.0685. The number of benzene rings is 6. The number of carbonyl (C=O) groups excluding carboxylic acids is 1. The molecule has 44 heavy (non-hydrogen) atoms. The summed E-state index contributed by atoms with van der Waals surface area (Å²) in [6.45, 7) is 8.25. The third-order valence-corrected chi connectivity index (χ3v) is 8.60. The molecule has 6 aromatic rings. The number of hydrogen-bond acceptors (Lipinski definition) is 4. The second-order valence-corrected chi connectivity index (χ2v) is 11.7. The smallest absolute Gasteiger partial charge is 0.336 e. The Kier molecular flexibility index (Phi) is 6.54. The van der Waals surface area contributed by atoms with Crippen LogP contribution < -0.4 is 5.73 Å². The van der Waals surface area contributed by atoms with Gasteiger partial charge in [0.2, 0.25) is 5.91 Å². The fourth-order valence-electron chi connectivity index (χ4n) is 6.79. The molecule has 220 valence electrons. The summed E-state index contributed by atoms with van der Waals surface area (Å²) >= 11 is 0. The molecule has 0 unspecified atom stereocenters. The minimum absolute atomic E-state index is 0.0512. The van der Waals surface area contributed by atoms with E-state index in [1.165, 1.54) is 18.2 Å². The van der Waals surface area contributed by atoms with Gasteiger partial charge in [-0.1, -0.05) is 64.1 Å². The van der Waals surface area contributed by atoms with Gasteiger partial charge in [-0.25, -0.2) is 14.4 Å². The van der Waals surface area contributed by atoms with Crippen molar-refractivity contribution in [3.8, 4) is 11.1 Å². The highest BCUT2D eigenvalue weighted by molar-refractivity contribution is 6.40. The predicted octanol–water partition coefficient (Wildman–Crippen LogP) is 7.84. The predicted molar refractivity (Wildman–Crippen MR) is 171 cm³/mol. The van der Waals surface area contributed by atoms with E-state index < -0.39 is 23.8 Å². The van der Waals surface area contributed by atoms with Crippen molar-refractivity contribution in [2.75, 3.05) is 0 Å². The summed E-state index contributed by atoms with van der Waals surface area (Å²) in [5, 5.41) is 33.9. The Morgan fingerprint density at radius 2 is 0.977 bits per heavy atom. The molecule has 0 aliphatic heterocycles. The average molecular weight is 588 g/mol. The average Bonchev–Trinajstić information content (AvgIpc) is 2.97. The third-order valence-electron chi connectivity index (χ3n) is 8.60. The maximum atomic E-state index is 13.1.